The topological polar surface area (TPSA) is 88.2 Å². The molecule has 0 radical (unpaired) electrons. The number of carbonyl (C=O) groups is 1. The lowest BCUT2D eigenvalue weighted by Crippen LogP contribution is -2.36. The number of aryl methyl sites for hydroxylation is 2. The van der Waals surface area contributed by atoms with E-state index in [2.05, 4.69) is 54.6 Å². The number of methoxy groups -OCH3 is 1. The molecule has 0 spiro atoms. The van der Waals surface area contributed by atoms with Crippen molar-refractivity contribution in [3.05, 3.63) is 59.2 Å². The van der Waals surface area contributed by atoms with Gasteiger partial charge in [0.25, 0.3) is 0 Å². The lowest BCUT2D eigenvalue weighted by Gasteiger charge is -2.37. The van der Waals surface area contributed by atoms with Crippen LogP contribution in [0.15, 0.2) is 47.4 Å². The number of rotatable bonds is 13. The van der Waals surface area contributed by atoms with Crippen LogP contribution in [-0.2, 0) is 19.6 Å². The van der Waals surface area contributed by atoms with E-state index in [1.165, 1.54) is 16.9 Å². The van der Waals surface area contributed by atoms with Crippen molar-refractivity contribution in [1.29, 1.82) is 0 Å². The van der Waals surface area contributed by atoms with Gasteiger partial charge in [-0.15, -0.1) is 0 Å². The van der Waals surface area contributed by atoms with Crippen molar-refractivity contribution in [2.24, 2.45) is 11.8 Å². The molecule has 8 nitrogen and oxygen atoms in total. The van der Waals surface area contributed by atoms with Crippen LogP contribution in [0.1, 0.15) is 48.4 Å². The fourth-order valence-corrected chi connectivity index (χ4v) is 7.29. The standard InChI is InChI=1S/C30H45N3O5S/c1-22-18-27(37-6)19-23(2)30(22)39(35,36)33(5)16-17-38-21-28(34)31-20-24-12-14-26(15-13-24)29(32(3)4)25-10-8-7-9-11-25/h7-11,18-19,24,26,29H,12-17,20-21H2,1-6H3,(H,31,34). The van der Waals surface area contributed by atoms with Gasteiger partial charge in [0.1, 0.15) is 12.4 Å². The summed E-state index contributed by atoms with van der Waals surface area (Å²) in [7, 11) is 3.69. The molecule has 2 aromatic carbocycles. The van der Waals surface area contributed by atoms with E-state index in [-0.39, 0.29) is 30.6 Å². The number of amides is 1. The second-order valence-electron chi connectivity index (χ2n) is 10.9. The van der Waals surface area contributed by atoms with Crippen LogP contribution < -0.4 is 10.1 Å². The minimum absolute atomic E-state index is 0.0828. The van der Waals surface area contributed by atoms with Gasteiger partial charge in [0.05, 0.1) is 18.6 Å². The Balaban J connectivity index is 1.38. The maximum Gasteiger partial charge on any atom is 0.246 e. The first-order valence-electron chi connectivity index (χ1n) is 13.7. The first-order valence-corrected chi connectivity index (χ1v) is 15.2. The van der Waals surface area contributed by atoms with E-state index in [1.54, 1.807) is 33.1 Å². The number of likely N-dealkylation sites (N-methyl/N-ethyl adjacent to an activating group) is 1. The molecule has 0 heterocycles. The van der Waals surface area contributed by atoms with Crippen LogP contribution in [0.2, 0.25) is 0 Å². The zero-order valence-electron chi connectivity index (χ0n) is 24.3. The summed E-state index contributed by atoms with van der Waals surface area (Å²) >= 11 is 0. The smallest absolute Gasteiger partial charge is 0.246 e. The Morgan fingerprint density at radius 3 is 2.21 bits per heavy atom. The highest BCUT2D eigenvalue weighted by Gasteiger charge is 2.30. The highest BCUT2D eigenvalue weighted by atomic mass is 32.2. The molecule has 1 atom stereocenters. The molecule has 1 unspecified atom stereocenters. The van der Waals surface area contributed by atoms with E-state index in [0.717, 1.165) is 25.7 Å². The molecule has 39 heavy (non-hydrogen) atoms. The van der Waals surface area contributed by atoms with Crippen molar-refractivity contribution < 1.29 is 22.7 Å². The second kappa shape index (κ2) is 14.3. The number of nitrogens with zero attached hydrogens (tertiary/aromatic N) is 2. The second-order valence-corrected chi connectivity index (χ2v) is 12.9. The van der Waals surface area contributed by atoms with E-state index in [0.29, 0.717) is 41.3 Å². The highest BCUT2D eigenvalue weighted by molar-refractivity contribution is 7.89. The largest absolute Gasteiger partial charge is 0.497 e. The highest BCUT2D eigenvalue weighted by Crippen LogP contribution is 2.39. The molecule has 1 N–H and O–H groups in total. The summed E-state index contributed by atoms with van der Waals surface area (Å²) in [5.74, 6) is 1.53. The van der Waals surface area contributed by atoms with Gasteiger partial charge in [-0.05, 0) is 94.3 Å². The predicted molar refractivity (Wildman–Crippen MR) is 154 cm³/mol. The van der Waals surface area contributed by atoms with Crippen molar-refractivity contribution in [2.45, 2.75) is 50.5 Å². The van der Waals surface area contributed by atoms with Crippen LogP contribution in [0, 0.1) is 25.7 Å². The molecule has 0 aromatic heterocycles. The average Bonchev–Trinajstić information content (AvgIpc) is 2.90. The Bertz CT molecular complexity index is 1160. The molecular formula is C30H45N3O5S. The monoisotopic (exact) mass is 559 g/mol. The molecule has 0 bridgehead atoms. The Morgan fingerprint density at radius 1 is 1.03 bits per heavy atom. The summed E-state index contributed by atoms with van der Waals surface area (Å²) in [5.41, 5.74) is 2.62. The molecule has 1 fully saturated rings. The first-order chi connectivity index (χ1) is 18.5. The molecule has 2 aromatic rings. The average molecular weight is 560 g/mol. The molecule has 1 aliphatic carbocycles. The summed E-state index contributed by atoms with van der Waals surface area (Å²) < 4.78 is 38.2. The quantitative estimate of drug-likeness (QED) is 0.371. The van der Waals surface area contributed by atoms with Crippen LogP contribution >= 0.6 is 0 Å². The van der Waals surface area contributed by atoms with E-state index >= 15 is 0 Å². The van der Waals surface area contributed by atoms with Crippen molar-refractivity contribution in [3.63, 3.8) is 0 Å². The molecule has 3 rings (SSSR count). The first kappa shape index (κ1) is 31.1. The third kappa shape index (κ3) is 8.27. The van der Waals surface area contributed by atoms with Crippen LogP contribution in [0.4, 0.5) is 0 Å². The number of carbonyl (C=O) groups excluding carboxylic acids is 1. The van der Waals surface area contributed by atoms with Gasteiger partial charge in [-0.3, -0.25) is 4.79 Å². The summed E-state index contributed by atoms with van der Waals surface area (Å²) in [6.45, 7) is 4.37. The summed E-state index contributed by atoms with van der Waals surface area (Å²) in [6.07, 6.45) is 4.47. The van der Waals surface area contributed by atoms with Crippen LogP contribution in [0.5, 0.6) is 5.75 Å². The molecule has 1 saturated carbocycles. The Hall–Kier alpha value is -2.46. The number of hydrogen-bond acceptors (Lipinski definition) is 6. The molecule has 216 valence electrons. The Morgan fingerprint density at radius 2 is 1.64 bits per heavy atom. The SMILES string of the molecule is COc1cc(C)c(S(=O)(=O)N(C)CCOCC(=O)NCC2CCC(C(c3ccccc3)N(C)C)CC2)c(C)c1. The van der Waals surface area contributed by atoms with Crippen molar-refractivity contribution in [3.8, 4) is 5.75 Å². The molecule has 1 aliphatic rings. The van der Waals surface area contributed by atoms with Crippen LogP contribution in [0.3, 0.4) is 0 Å². The Kier molecular flexibility index (Phi) is 11.4. The van der Waals surface area contributed by atoms with E-state index in [1.807, 2.05) is 0 Å². The number of hydrogen-bond donors (Lipinski definition) is 1. The van der Waals surface area contributed by atoms with E-state index in [9.17, 15) is 13.2 Å². The van der Waals surface area contributed by atoms with Gasteiger partial charge in [-0.1, -0.05) is 30.3 Å². The van der Waals surface area contributed by atoms with Gasteiger partial charge in [0.2, 0.25) is 15.9 Å². The zero-order valence-corrected chi connectivity index (χ0v) is 25.1. The molecule has 9 heteroatoms. The molecular weight excluding hydrogens is 514 g/mol. The summed E-state index contributed by atoms with van der Waals surface area (Å²) in [5, 5.41) is 3.00. The zero-order chi connectivity index (χ0) is 28.6. The van der Waals surface area contributed by atoms with Gasteiger partial charge in [0.15, 0.2) is 0 Å². The van der Waals surface area contributed by atoms with Crippen molar-refractivity contribution >= 4 is 15.9 Å². The summed E-state index contributed by atoms with van der Waals surface area (Å²) in [6, 6.07) is 14.5. The molecule has 0 aliphatic heterocycles. The van der Waals surface area contributed by atoms with Gasteiger partial charge in [-0.2, -0.15) is 4.31 Å². The van der Waals surface area contributed by atoms with E-state index < -0.39 is 10.0 Å². The minimum Gasteiger partial charge on any atom is -0.497 e. The Labute approximate surface area is 234 Å². The third-order valence-electron chi connectivity index (χ3n) is 7.74. The minimum atomic E-state index is -3.69. The van der Waals surface area contributed by atoms with Gasteiger partial charge >= 0.3 is 0 Å². The lowest BCUT2D eigenvalue weighted by molar-refractivity contribution is -0.126. The van der Waals surface area contributed by atoms with Gasteiger partial charge < -0.3 is 19.7 Å². The van der Waals surface area contributed by atoms with Crippen LogP contribution in [-0.4, -0.2) is 78.1 Å². The van der Waals surface area contributed by atoms with Crippen molar-refractivity contribution in [1.82, 2.24) is 14.5 Å². The number of ether oxygens (including phenoxy) is 2. The maximum absolute atomic E-state index is 13.1. The van der Waals surface area contributed by atoms with Gasteiger partial charge in [-0.25, -0.2) is 8.42 Å². The fraction of sp³-hybridized carbons (Fsp3) is 0.567. The molecule has 0 saturated heterocycles. The number of sulfonamides is 1. The summed E-state index contributed by atoms with van der Waals surface area (Å²) in [4.78, 5) is 15.0. The predicted octanol–water partition coefficient (Wildman–Crippen LogP) is 4.17. The van der Waals surface area contributed by atoms with Gasteiger partial charge in [0, 0.05) is 26.2 Å². The van der Waals surface area contributed by atoms with Crippen molar-refractivity contribution in [2.75, 3.05) is 54.6 Å². The molecule has 1 amide bonds. The van der Waals surface area contributed by atoms with Crippen LogP contribution in [0.25, 0.3) is 0 Å². The number of nitrogens with one attached hydrogen (secondary N) is 1. The third-order valence-corrected chi connectivity index (χ3v) is 9.91. The lowest BCUT2D eigenvalue weighted by atomic mass is 9.76. The number of benzene rings is 2. The fourth-order valence-electron chi connectivity index (χ4n) is 5.73. The van der Waals surface area contributed by atoms with E-state index in [4.69, 9.17) is 9.47 Å². The maximum atomic E-state index is 13.1. The normalized spacial score (nSPS) is 18.8.